The molecule has 3 heteroatoms. The molecular formula is C11H13N3. The second-order valence-electron chi connectivity index (χ2n) is 3.36. The van der Waals surface area contributed by atoms with Crippen LogP contribution in [0.4, 0.5) is 11.6 Å². The van der Waals surface area contributed by atoms with Crippen LogP contribution in [0.25, 0.3) is 0 Å². The Labute approximate surface area is 83.2 Å². The Morgan fingerprint density at radius 3 is 2.71 bits per heavy atom. The standard InChI is InChI=1S/C11H13N3/c1-8-3-4-10(7-9(8)2)14-11-12-5-6-13-11/h3-7H,1-2H3,(H2,12,13,14). The Balaban J connectivity index is 2.22. The van der Waals surface area contributed by atoms with Crippen molar-refractivity contribution in [3.05, 3.63) is 41.7 Å². The SMILES string of the molecule is Cc1ccc(Nc2ncc[nH]2)cc1C. The molecule has 0 unspecified atom stereocenters. The van der Waals surface area contributed by atoms with Crippen molar-refractivity contribution in [1.29, 1.82) is 0 Å². The van der Waals surface area contributed by atoms with Gasteiger partial charge in [0.25, 0.3) is 0 Å². The predicted molar refractivity (Wildman–Crippen MR) is 57.8 cm³/mol. The number of nitrogens with one attached hydrogen (secondary N) is 2. The molecule has 0 fully saturated rings. The third kappa shape index (κ3) is 1.76. The highest BCUT2D eigenvalue weighted by atomic mass is 15.1. The van der Waals surface area contributed by atoms with Gasteiger partial charge in [-0.3, -0.25) is 0 Å². The number of hydrogen-bond acceptors (Lipinski definition) is 2. The average Bonchev–Trinajstić information content (AvgIpc) is 2.64. The van der Waals surface area contributed by atoms with Gasteiger partial charge in [-0.15, -0.1) is 0 Å². The van der Waals surface area contributed by atoms with Crippen LogP contribution < -0.4 is 5.32 Å². The van der Waals surface area contributed by atoms with Crippen molar-refractivity contribution in [2.24, 2.45) is 0 Å². The molecule has 72 valence electrons. The van der Waals surface area contributed by atoms with Gasteiger partial charge < -0.3 is 10.3 Å². The summed E-state index contributed by atoms with van der Waals surface area (Å²) >= 11 is 0. The Morgan fingerprint density at radius 2 is 2.07 bits per heavy atom. The molecule has 0 amide bonds. The first kappa shape index (κ1) is 8.81. The lowest BCUT2D eigenvalue weighted by molar-refractivity contribution is 1.27. The molecular weight excluding hydrogens is 174 g/mol. The lowest BCUT2D eigenvalue weighted by atomic mass is 10.1. The summed E-state index contributed by atoms with van der Waals surface area (Å²) in [5, 5.41) is 3.19. The van der Waals surface area contributed by atoms with Gasteiger partial charge in [0.05, 0.1) is 0 Å². The topological polar surface area (TPSA) is 40.7 Å². The van der Waals surface area contributed by atoms with E-state index >= 15 is 0 Å². The molecule has 2 N–H and O–H groups in total. The molecule has 3 nitrogen and oxygen atoms in total. The normalized spacial score (nSPS) is 10.1. The largest absolute Gasteiger partial charge is 0.331 e. The summed E-state index contributed by atoms with van der Waals surface area (Å²) in [6, 6.07) is 6.25. The smallest absolute Gasteiger partial charge is 0.204 e. The molecule has 1 heterocycles. The van der Waals surface area contributed by atoms with Crippen molar-refractivity contribution in [1.82, 2.24) is 9.97 Å². The molecule has 2 rings (SSSR count). The van der Waals surface area contributed by atoms with Crippen molar-refractivity contribution in [3.63, 3.8) is 0 Å². The van der Waals surface area contributed by atoms with Gasteiger partial charge in [0.1, 0.15) is 0 Å². The molecule has 1 aromatic heterocycles. The van der Waals surface area contributed by atoms with E-state index in [1.807, 2.05) is 6.07 Å². The Morgan fingerprint density at radius 1 is 1.21 bits per heavy atom. The summed E-state index contributed by atoms with van der Waals surface area (Å²) in [5.41, 5.74) is 3.64. The highest BCUT2D eigenvalue weighted by Gasteiger charge is 1.97. The number of aromatic amines is 1. The fraction of sp³-hybridized carbons (Fsp3) is 0.182. The minimum atomic E-state index is 0.772. The number of anilines is 2. The molecule has 0 aliphatic rings. The van der Waals surface area contributed by atoms with Gasteiger partial charge in [0.15, 0.2) is 0 Å². The second kappa shape index (κ2) is 3.54. The van der Waals surface area contributed by atoms with E-state index in [2.05, 4.69) is 41.3 Å². The van der Waals surface area contributed by atoms with Gasteiger partial charge >= 0.3 is 0 Å². The number of nitrogens with zero attached hydrogens (tertiary/aromatic N) is 1. The van der Waals surface area contributed by atoms with Crippen LogP contribution >= 0.6 is 0 Å². The van der Waals surface area contributed by atoms with E-state index in [0.717, 1.165) is 11.6 Å². The number of aryl methyl sites for hydroxylation is 2. The zero-order valence-electron chi connectivity index (χ0n) is 8.33. The number of imidazole rings is 1. The average molecular weight is 187 g/mol. The summed E-state index contributed by atoms with van der Waals surface area (Å²) in [6.45, 7) is 4.20. The minimum absolute atomic E-state index is 0.772. The highest BCUT2D eigenvalue weighted by Crippen LogP contribution is 2.16. The molecule has 0 bridgehead atoms. The number of rotatable bonds is 2. The summed E-state index contributed by atoms with van der Waals surface area (Å²) in [7, 11) is 0. The maximum atomic E-state index is 4.10. The van der Waals surface area contributed by atoms with Crippen LogP contribution in [-0.4, -0.2) is 9.97 Å². The predicted octanol–water partition coefficient (Wildman–Crippen LogP) is 2.77. The van der Waals surface area contributed by atoms with Gasteiger partial charge in [-0.1, -0.05) is 6.07 Å². The van der Waals surface area contributed by atoms with Crippen molar-refractivity contribution < 1.29 is 0 Å². The van der Waals surface area contributed by atoms with Crippen molar-refractivity contribution in [2.45, 2.75) is 13.8 Å². The van der Waals surface area contributed by atoms with Crippen molar-refractivity contribution >= 4 is 11.6 Å². The molecule has 14 heavy (non-hydrogen) atoms. The maximum Gasteiger partial charge on any atom is 0.204 e. The van der Waals surface area contributed by atoms with E-state index in [0.29, 0.717) is 0 Å². The number of benzene rings is 1. The molecule has 1 aromatic carbocycles. The molecule has 0 atom stereocenters. The first-order chi connectivity index (χ1) is 6.75. The molecule has 0 aliphatic carbocycles. The molecule has 0 radical (unpaired) electrons. The van der Waals surface area contributed by atoms with E-state index in [-0.39, 0.29) is 0 Å². The van der Waals surface area contributed by atoms with E-state index in [1.165, 1.54) is 11.1 Å². The number of aromatic nitrogens is 2. The van der Waals surface area contributed by atoms with E-state index in [4.69, 9.17) is 0 Å². The van der Waals surface area contributed by atoms with Crippen LogP contribution in [-0.2, 0) is 0 Å². The second-order valence-corrected chi connectivity index (χ2v) is 3.36. The Hall–Kier alpha value is -1.77. The van der Waals surface area contributed by atoms with Gasteiger partial charge in [-0.05, 0) is 37.1 Å². The maximum absolute atomic E-state index is 4.10. The number of hydrogen-bond donors (Lipinski definition) is 2. The Bertz CT molecular complexity index is 418. The fourth-order valence-electron chi connectivity index (χ4n) is 1.29. The summed E-state index contributed by atoms with van der Waals surface area (Å²) in [5.74, 6) is 0.772. The van der Waals surface area contributed by atoms with Crippen molar-refractivity contribution in [3.8, 4) is 0 Å². The highest BCUT2D eigenvalue weighted by molar-refractivity contribution is 5.55. The van der Waals surface area contributed by atoms with Crippen LogP contribution in [0.15, 0.2) is 30.6 Å². The zero-order chi connectivity index (χ0) is 9.97. The quantitative estimate of drug-likeness (QED) is 0.759. The molecule has 2 aromatic rings. The summed E-state index contributed by atoms with van der Waals surface area (Å²) < 4.78 is 0. The van der Waals surface area contributed by atoms with Gasteiger partial charge in [0.2, 0.25) is 5.95 Å². The fourth-order valence-corrected chi connectivity index (χ4v) is 1.29. The van der Waals surface area contributed by atoms with Crippen LogP contribution in [0.2, 0.25) is 0 Å². The lowest BCUT2D eigenvalue weighted by Crippen LogP contribution is -1.93. The van der Waals surface area contributed by atoms with Crippen LogP contribution in [0.5, 0.6) is 0 Å². The zero-order valence-corrected chi connectivity index (χ0v) is 8.33. The lowest BCUT2D eigenvalue weighted by Gasteiger charge is -2.05. The van der Waals surface area contributed by atoms with Crippen LogP contribution in [0.1, 0.15) is 11.1 Å². The van der Waals surface area contributed by atoms with Crippen LogP contribution in [0, 0.1) is 13.8 Å². The van der Waals surface area contributed by atoms with Gasteiger partial charge in [0, 0.05) is 18.1 Å². The van der Waals surface area contributed by atoms with Crippen LogP contribution in [0.3, 0.4) is 0 Å². The molecule has 0 aliphatic heterocycles. The monoisotopic (exact) mass is 187 g/mol. The van der Waals surface area contributed by atoms with E-state index in [9.17, 15) is 0 Å². The third-order valence-corrected chi connectivity index (χ3v) is 2.27. The van der Waals surface area contributed by atoms with E-state index < -0.39 is 0 Å². The van der Waals surface area contributed by atoms with Crippen molar-refractivity contribution in [2.75, 3.05) is 5.32 Å². The third-order valence-electron chi connectivity index (χ3n) is 2.27. The molecule has 0 saturated heterocycles. The van der Waals surface area contributed by atoms with E-state index in [1.54, 1.807) is 12.4 Å². The summed E-state index contributed by atoms with van der Waals surface area (Å²) in [6.07, 6.45) is 3.52. The minimum Gasteiger partial charge on any atom is -0.331 e. The number of H-pyrrole nitrogens is 1. The first-order valence-electron chi connectivity index (χ1n) is 4.59. The summed E-state index contributed by atoms with van der Waals surface area (Å²) in [4.78, 5) is 7.09. The van der Waals surface area contributed by atoms with Gasteiger partial charge in [-0.25, -0.2) is 4.98 Å². The molecule has 0 saturated carbocycles. The van der Waals surface area contributed by atoms with Gasteiger partial charge in [-0.2, -0.15) is 0 Å². The Kier molecular flexibility index (Phi) is 2.23. The molecule has 0 spiro atoms. The first-order valence-corrected chi connectivity index (χ1v) is 4.59.